The Labute approximate surface area is 127 Å². The van der Waals surface area contributed by atoms with Gasteiger partial charge in [-0.2, -0.15) is 0 Å². The second-order valence-electron chi connectivity index (χ2n) is 4.09. The van der Waals surface area contributed by atoms with Crippen molar-refractivity contribution in [3.8, 4) is 11.5 Å². The van der Waals surface area contributed by atoms with Crippen molar-refractivity contribution in [3.63, 3.8) is 0 Å². The molecule has 0 amide bonds. The van der Waals surface area contributed by atoms with Gasteiger partial charge in [-0.1, -0.05) is 6.92 Å². The van der Waals surface area contributed by atoms with Gasteiger partial charge in [0.1, 0.15) is 11.5 Å². The van der Waals surface area contributed by atoms with Crippen LogP contribution in [0.2, 0.25) is 0 Å². The first-order chi connectivity index (χ1) is 10.5. The fourth-order valence-corrected chi connectivity index (χ4v) is 1.48. The van der Waals surface area contributed by atoms with Crippen molar-refractivity contribution < 1.29 is 33.7 Å². The maximum absolute atomic E-state index is 11.6. The van der Waals surface area contributed by atoms with Crippen LogP contribution in [0, 0.1) is 0 Å². The zero-order chi connectivity index (χ0) is 16.5. The molecule has 118 valence electrons. The number of ether oxygens (including phenoxy) is 3. The lowest BCUT2D eigenvalue weighted by atomic mass is 10.2. The van der Waals surface area contributed by atoms with Crippen molar-refractivity contribution in [3.05, 3.63) is 35.9 Å². The molecule has 7 heteroatoms. The minimum Gasteiger partial charge on any atom is -0.497 e. The van der Waals surface area contributed by atoms with Gasteiger partial charge in [0.15, 0.2) is 6.61 Å². The first-order valence-electron chi connectivity index (χ1n) is 6.41. The highest BCUT2D eigenvalue weighted by molar-refractivity contribution is 5.96. The maximum atomic E-state index is 11.6. The molecule has 0 aliphatic carbocycles. The molecule has 0 radical (unpaired) electrons. The lowest BCUT2D eigenvalue weighted by Crippen LogP contribution is -2.20. The van der Waals surface area contributed by atoms with Crippen LogP contribution >= 0.6 is 0 Å². The molecule has 0 heterocycles. The van der Waals surface area contributed by atoms with Crippen LogP contribution in [0.1, 0.15) is 13.3 Å². The topological polar surface area (TPSA) is 99.1 Å². The van der Waals surface area contributed by atoms with E-state index in [1.165, 1.54) is 19.2 Å². The molecule has 0 atom stereocenters. The molecule has 1 N–H and O–H groups in total. The Morgan fingerprint density at radius 3 is 2.23 bits per heavy atom. The molecule has 0 spiro atoms. The van der Waals surface area contributed by atoms with Crippen LogP contribution in [0.5, 0.6) is 11.5 Å². The summed E-state index contributed by atoms with van der Waals surface area (Å²) in [7, 11) is 1.51. The van der Waals surface area contributed by atoms with Crippen LogP contribution in [-0.2, 0) is 19.1 Å². The van der Waals surface area contributed by atoms with E-state index in [-0.39, 0.29) is 17.7 Å². The quantitative estimate of drug-likeness (QED) is 0.463. The van der Waals surface area contributed by atoms with E-state index in [1.807, 2.05) is 0 Å². The Balaban J connectivity index is 2.51. The summed E-state index contributed by atoms with van der Waals surface area (Å²) in [5.41, 5.74) is -0.0373. The molecular weight excluding hydrogens is 292 g/mol. The van der Waals surface area contributed by atoms with Gasteiger partial charge in [0.25, 0.3) is 0 Å². The van der Waals surface area contributed by atoms with Crippen molar-refractivity contribution in [2.75, 3.05) is 13.7 Å². The zero-order valence-electron chi connectivity index (χ0n) is 12.2. The van der Waals surface area contributed by atoms with Gasteiger partial charge in [-0.3, -0.25) is 0 Å². The molecule has 7 nitrogen and oxygen atoms in total. The highest BCUT2D eigenvalue weighted by atomic mass is 16.6. The molecule has 0 aliphatic heterocycles. The Hall–Kier alpha value is -2.83. The van der Waals surface area contributed by atoms with Gasteiger partial charge in [-0.25, -0.2) is 14.4 Å². The molecule has 0 saturated heterocycles. The van der Waals surface area contributed by atoms with Crippen LogP contribution in [0.25, 0.3) is 0 Å². The monoisotopic (exact) mass is 308 g/mol. The fourth-order valence-electron chi connectivity index (χ4n) is 1.48. The number of rotatable bonds is 7. The number of aliphatic carboxylic acids is 1. The van der Waals surface area contributed by atoms with Gasteiger partial charge >= 0.3 is 17.9 Å². The predicted octanol–water partition coefficient (Wildman–Crippen LogP) is 1.56. The van der Waals surface area contributed by atoms with Gasteiger partial charge in [-0.15, -0.1) is 0 Å². The third-order valence-electron chi connectivity index (χ3n) is 2.55. The molecule has 1 aromatic rings. The minimum atomic E-state index is -1.25. The fraction of sp³-hybridized carbons (Fsp3) is 0.267. The number of esters is 2. The number of methoxy groups -OCH3 is 1. The number of carboxylic acids is 1. The molecular formula is C15H16O7. The molecule has 0 aliphatic rings. The van der Waals surface area contributed by atoms with E-state index in [2.05, 4.69) is 0 Å². The van der Waals surface area contributed by atoms with Crippen molar-refractivity contribution in [1.82, 2.24) is 0 Å². The lowest BCUT2D eigenvalue weighted by Gasteiger charge is -2.07. The Morgan fingerprint density at radius 2 is 1.73 bits per heavy atom. The summed E-state index contributed by atoms with van der Waals surface area (Å²) < 4.78 is 14.6. The summed E-state index contributed by atoms with van der Waals surface area (Å²) in [5, 5.41) is 8.59. The van der Waals surface area contributed by atoms with E-state index in [4.69, 9.17) is 19.3 Å². The van der Waals surface area contributed by atoms with E-state index in [0.29, 0.717) is 5.75 Å². The van der Waals surface area contributed by atoms with Gasteiger partial charge in [0.05, 0.1) is 7.11 Å². The third kappa shape index (κ3) is 5.66. The van der Waals surface area contributed by atoms with Crippen LogP contribution in [0.15, 0.2) is 35.9 Å². The number of hydrogen-bond acceptors (Lipinski definition) is 6. The van der Waals surface area contributed by atoms with E-state index in [9.17, 15) is 14.4 Å². The number of hydrogen-bond donors (Lipinski definition) is 1. The van der Waals surface area contributed by atoms with E-state index < -0.39 is 24.5 Å². The van der Waals surface area contributed by atoms with E-state index in [1.54, 1.807) is 19.1 Å². The maximum Gasteiger partial charge on any atom is 0.349 e. The molecule has 1 aromatic carbocycles. The lowest BCUT2D eigenvalue weighted by molar-refractivity contribution is -0.151. The summed E-state index contributed by atoms with van der Waals surface area (Å²) >= 11 is 0. The van der Waals surface area contributed by atoms with Crippen molar-refractivity contribution in [1.29, 1.82) is 0 Å². The molecule has 0 bridgehead atoms. The Kier molecular flexibility index (Phi) is 6.62. The first-order valence-corrected chi connectivity index (χ1v) is 6.41. The molecule has 0 saturated carbocycles. The van der Waals surface area contributed by atoms with Gasteiger partial charge in [0, 0.05) is 11.6 Å². The Bertz CT molecular complexity index is 572. The largest absolute Gasteiger partial charge is 0.497 e. The van der Waals surface area contributed by atoms with Crippen molar-refractivity contribution in [2.45, 2.75) is 13.3 Å². The van der Waals surface area contributed by atoms with Crippen LogP contribution in [-0.4, -0.2) is 36.7 Å². The van der Waals surface area contributed by atoms with E-state index in [0.717, 1.165) is 6.08 Å². The smallest absolute Gasteiger partial charge is 0.349 e. The standard InChI is InChI=1S/C15H16O7/c1-3-10(8-13(16)17)15(19)21-9-14(18)22-12-6-4-11(20-2)5-7-12/h4-8H,3,9H2,1-2H3,(H,16,17)/b10-8+. The Morgan fingerprint density at radius 1 is 1.14 bits per heavy atom. The van der Waals surface area contributed by atoms with Gasteiger partial charge in [-0.05, 0) is 30.7 Å². The average molecular weight is 308 g/mol. The molecule has 0 fully saturated rings. The summed E-state index contributed by atoms with van der Waals surface area (Å²) in [6.45, 7) is 0.994. The van der Waals surface area contributed by atoms with Crippen molar-refractivity contribution >= 4 is 17.9 Å². The molecule has 0 aromatic heterocycles. The van der Waals surface area contributed by atoms with Crippen LogP contribution < -0.4 is 9.47 Å². The number of carbonyl (C=O) groups excluding carboxylic acids is 2. The normalized spacial score (nSPS) is 10.7. The summed E-state index contributed by atoms with van der Waals surface area (Å²) in [6, 6.07) is 6.28. The predicted molar refractivity (Wildman–Crippen MR) is 75.6 cm³/mol. The number of carboxylic acid groups (broad SMARTS) is 1. The third-order valence-corrected chi connectivity index (χ3v) is 2.55. The van der Waals surface area contributed by atoms with Crippen molar-refractivity contribution in [2.24, 2.45) is 0 Å². The van der Waals surface area contributed by atoms with Gasteiger partial charge < -0.3 is 19.3 Å². The molecule has 22 heavy (non-hydrogen) atoms. The average Bonchev–Trinajstić information content (AvgIpc) is 2.50. The summed E-state index contributed by atoms with van der Waals surface area (Å²) in [6.07, 6.45) is 0.926. The summed E-state index contributed by atoms with van der Waals surface area (Å²) in [5.74, 6) is -2.01. The van der Waals surface area contributed by atoms with Gasteiger partial charge in [0.2, 0.25) is 0 Å². The minimum absolute atomic E-state index is 0.0373. The number of carbonyl (C=O) groups is 3. The zero-order valence-corrected chi connectivity index (χ0v) is 12.2. The number of benzene rings is 1. The molecule has 1 rings (SSSR count). The van der Waals surface area contributed by atoms with Crippen LogP contribution in [0.3, 0.4) is 0 Å². The van der Waals surface area contributed by atoms with Crippen LogP contribution in [0.4, 0.5) is 0 Å². The first kappa shape index (κ1) is 17.2. The molecule has 0 unspecified atom stereocenters. The second kappa shape index (κ2) is 8.46. The highest BCUT2D eigenvalue weighted by Crippen LogP contribution is 2.17. The second-order valence-corrected chi connectivity index (χ2v) is 4.09. The summed E-state index contributed by atoms with van der Waals surface area (Å²) in [4.78, 5) is 33.6. The SMILES string of the molecule is CC/C(=C\C(=O)O)C(=O)OCC(=O)Oc1ccc(OC)cc1. The van der Waals surface area contributed by atoms with E-state index >= 15 is 0 Å². The highest BCUT2D eigenvalue weighted by Gasteiger charge is 2.14.